The van der Waals surface area contributed by atoms with E-state index in [1.807, 2.05) is 4.90 Å². The van der Waals surface area contributed by atoms with Gasteiger partial charge in [-0.15, -0.1) is 0 Å². The number of hydrogen-bond acceptors (Lipinski definition) is 4. The van der Waals surface area contributed by atoms with Gasteiger partial charge in [0.25, 0.3) is 5.56 Å². The predicted molar refractivity (Wildman–Crippen MR) is 84.8 cm³/mol. The van der Waals surface area contributed by atoms with Crippen LogP contribution in [0, 0.1) is 11.7 Å². The van der Waals surface area contributed by atoms with Gasteiger partial charge in [0, 0.05) is 31.9 Å². The third-order valence-electron chi connectivity index (χ3n) is 3.97. The minimum Gasteiger partial charge on any atom is -0.369 e. The summed E-state index contributed by atoms with van der Waals surface area (Å²) in [5.41, 5.74) is 0.980. The van der Waals surface area contributed by atoms with Crippen LogP contribution in [-0.4, -0.2) is 28.8 Å². The third kappa shape index (κ3) is 3.39. The van der Waals surface area contributed by atoms with Crippen LogP contribution in [0.15, 0.2) is 41.3 Å². The number of carbonyl (C=O) groups excluding carboxylic acids is 1. The highest BCUT2D eigenvalue weighted by Crippen LogP contribution is 2.23. The fourth-order valence-electron chi connectivity index (χ4n) is 2.65. The predicted octanol–water partition coefficient (Wildman–Crippen LogP) is 1.38. The van der Waals surface area contributed by atoms with Crippen LogP contribution in [0.25, 0.3) is 0 Å². The number of nitrogens with one attached hydrogen (secondary N) is 1. The van der Waals surface area contributed by atoms with Crippen molar-refractivity contribution in [2.45, 2.75) is 6.42 Å². The first kappa shape index (κ1) is 15.2. The molecule has 7 heteroatoms. The lowest BCUT2D eigenvalue weighted by Crippen LogP contribution is -2.28. The molecule has 3 rings (SSSR count). The fourth-order valence-corrected chi connectivity index (χ4v) is 2.65. The maximum Gasteiger partial charge on any atom is 0.268 e. The summed E-state index contributed by atoms with van der Waals surface area (Å²) < 4.78 is 14.4. The van der Waals surface area contributed by atoms with E-state index in [0.717, 1.165) is 0 Å². The van der Waals surface area contributed by atoms with Gasteiger partial charge in [-0.1, -0.05) is 6.07 Å². The molecule has 0 radical (unpaired) electrons. The molecule has 23 heavy (non-hydrogen) atoms. The Kier molecular flexibility index (Phi) is 4.10. The summed E-state index contributed by atoms with van der Waals surface area (Å²) in [5.74, 6) is -0.737. The second-order valence-electron chi connectivity index (χ2n) is 5.61. The summed E-state index contributed by atoms with van der Waals surface area (Å²) in [5, 5.41) is 6.72. The molecule has 0 aliphatic carbocycles. The molecular formula is C16H17FN4O2. The average molecular weight is 316 g/mol. The minimum absolute atomic E-state index is 0.144. The van der Waals surface area contributed by atoms with Gasteiger partial charge in [0.2, 0.25) is 5.91 Å². The largest absolute Gasteiger partial charge is 0.369 e. The number of anilines is 2. The van der Waals surface area contributed by atoms with E-state index < -0.39 is 0 Å². The van der Waals surface area contributed by atoms with Crippen LogP contribution in [0.2, 0.25) is 0 Å². The average Bonchev–Trinajstić information content (AvgIpc) is 3.00. The highest BCUT2D eigenvalue weighted by Gasteiger charge is 2.29. The van der Waals surface area contributed by atoms with Gasteiger partial charge in [-0.2, -0.15) is 5.10 Å². The molecule has 1 atom stereocenters. The van der Waals surface area contributed by atoms with Crippen molar-refractivity contribution in [3.63, 3.8) is 0 Å². The number of rotatable bonds is 3. The SMILES string of the molecule is Cn1ncc(N2CCC(C(=O)Nc3cccc(F)c3)C2)cc1=O. The number of benzene rings is 1. The first-order valence-electron chi connectivity index (χ1n) is 7.37. The maximum atomic E-state index is 13.2. The van der Waals surface area contributed by atoms with Gasteiger partial charge in [-0.05, 0) is 24.6 Å². The van der Waals surface area contributed by atoms with Crippen molar-refractivity contribution in [2.24, 2.45) is 13.0 Å². The van der Waals surface area contributed by atoms with E-state index in [0.29, 0.717) is 30.9 Å². The van der Waals surface area contributed by atoms with Gasteiger partial charge >= 0.3 is 0 Å². The van der Waals surface area contributed by atoms with Crippen molar-refractivity contribution >= 4 is 17.3 Å². The van der Waals surface area contributed by atoms with E-state index >= 15 is 0 Å². The second-order valence-corrected chi connectivity index (χ2v) is 5.61. The smallest absolute Gasteiger partial charge is 0.268 e. The Morgan fingerprint density at radius 3 is 2.96 bits per heavy atom. The van der Waals surface area contributed by atoms with Crippen LogP contribution >= 0.6 is 0 Å². The summed E-state index contributed by atoms with van der Waals surface area (Å²) in [4.78, 5) is 25.9. The molecule has 0 spiro atoms. The number of hydrogen-bond donors (Lipinski definition) is 1. The number of amides is 1. The fraction of sp³-hybridized carbons (Fsp3) is 0.312. The van der Waals surface area contributed by atoms with Gasteiger partial charge in [0.05, 0.1) is 17.8 Å². The van der Waals surface area contributed by atoms with Crippen LogP contribution in [0.3, 0.4) is 0 Å². The Bertz CT molecular complexity index is 790. The van der Waals surface area contributed by atoms with E-state index in [2.05, 4.69) is 10.4 Å². The van der Waals surface area contributed by atoms with Crippen LogP contribution < -0.4 is 15.8 Å². The molecule has 0 bridgehead atoms. The Morgan fingerprint density at radius 2 is 2.22 bits per heavy atom. The molecule has 1 aromatic heterocycles. The van der Waals surface area contributed by atoms with Gasteiger partial charge in [-0.3, -0.25) is 9.59 Å². The summed E-state index contributed by atoms with van der Waals surface area (Å²) in [7, 11) is 1.59. The van der Waals surface area contributed by atoms with Crippen LogP contribution in [-0.2, 0) is 11.8 Å². The van der Waals surface area contributed by atoms with Crippen LogP contribution in [0.5, 0.6) is 0 Å². The van der Waals surface area contributed by atoms with Gasteiger partial charge in [0.1, 0.15) is 5.82 Å². The van der Waals surface area contributed by atoms with Gasteiger partial charge in [0.15, 0.2) is 0 Å². The molecule has 1 amide bonds. The maximum absolute atomic E-state index is 13.2. The number of nitrogens with zero attached hydrogens (tertiary/aromatic N) is 3. The lowest BCUT2D eigenvalue weighted by atomic mass is 10.1. The molecule has 1 unspecified atom stereocenters. The van der Waals surface area contributed by atoms with Crippen molar-refractivity contribution in [1.29, 1.82) is 0 Å². The summed E-state index contributed by atoms with van der Waals surface area (Å²) in [6, 6.07) is 7.33. The van der Waals surface area contributed by atoms with Crippen LogP contribution in [0.4, 0.5) is 15.8 Å². The number of carbonyl (C=O) groups is 1. The molecule has 0 saturated carbocycles. The molecule has 1 aliphatic heterocycles. The molecule has 1 saturated heterocycles. The standard InChI is InChI=1S/C16H17FN4O2/c1-20-15(22)8-14(9-18-20)21-6-5-11(10-21)16(23)19-13-4-2-3-12(17)7-13/h2-4,7-9,11H,5-6,10H2,1H3,(H,19,23). The van der Waals surface area contributed by atoms with Crippen molar-refractivity contribution in [1.82, 2.24) is 9.78 Å². The van der Waals surface area contributed by atoms with E-state index in [1.165, 1.54) is 22.9 Å². The number of halogens is 1. The first-order chi connectivity index (χ1) is 11.0. The van der Waals surface area contributed by atoms with Crippen molar-refractivity contribution in [3.8, 4) is 0 Å². The second kappa shape index (κ2) is 6.20. The zero-order valence-electron chi connectivity index (χ0n) is 12.7. The number of aromatic nitrogens is 2. The Balaban J connectivity index is 1.66. The first-order valence-corrected chi connectivity index (χ1v) is 7.37. The van der Waals surface area contributed by atoms with E-state index in [4.69, 9.17) is 0 Å². The van der Waals surface area contributed by atoms with Crippen molar-refractivity contribution < 1.29 is 9.18 Å². The molecule has 120 valence electrons. The summed E-state index contributed by atoms with van der Waals surface area (Å²) in [6.07, 6.45) is 2.30. The van der Waals surface area contributed by atoms with E-state index in [-0.39, 0.29) is 23.2 Å². The zero-order chi connectivity index (χ0) is 16.4. The Labute approximate surface area is 132 Å². The molecule has 1 aliphatic rings. The van der Waals surface area contributed by atoms with Gasteiger partial charge in [-0.25, -0.2) is 9.07 Å². The number of aryl methyl sites for hydroxylation is 1. The zero-order valence-corrected chi connectivity index (χ0v) is 12.7. The lowest BCUT2D eigenvalue weighted by molar-refractivity contribution is -0.119. The molecule has 1 N–H and O–H groups in total. The molecule has 1 fully saturated rings. The highest BCUT2D eigenvalue weighted by molar-refractivity contribution is 5.93. The van der Waals surface area contributed by atoms with E-state index in [1.54, 1.807) is 25.4 Å². The topological polar surface area (TPSA) is 67.2 Å². The Hall–Kier alpha value is -2.70. The molecular weight excluding hydrogens is 299 g/mol. The van der Waals surface area contributed by atoms with Crippen molar-refractivity contribution in [2.75, 3.05) is 23.3 Å². The molecule has 2 aromatic rings. The van der Waals surface area contributed by atoms with E-state index in [9.17, 15) is 14.0 Å². The normalized spacial score (nSPS) is 17.3. The molecule has 2 heterocycles. The summed E-state index contributed by atoms with van der Waals surface area (Å²) in [6.45, 7) is 1.19. The quantitative estimate of drug-likeness (QED) is 0.929. The monoisotopic (exact) mass is 316 g/mol. The lowest BCUT2D eigenvalue weighted by Gasteiger charge is -2.18. The molecule has 6 nitrogen and oxygen atoms in total. The minimum atomic E-state index is -0.387. The summed E-state index contributed by atoms with van der Waals surface area (Å²) >= 11 is 0. The van der Waals surface area contributed by atoms with Crippen molar-refractivity contribution in [3.05, 3.63) is 52.7 Å². The highest BCUT2D eigenvalue weighted by atomic mass is 19.1. The Morgan fingerprint density at radius 1 is 1.39 bits per heavy atom. The van der Waals surface area contributed by atoms with Gasteiger partial charge < -0.3 is 10.2 Å². The molecule has 1 aromatic carbocycles. The third-order valence-corrected chi connectivity index (χ3v) is 3.97. The van der Waals surface area contributed by atoms with Crippen LogP contribution in [0.1, 0.15) is 6.42 Å².